The van der Waals surface area contributed by atoms with Gasteiger partial charge in [0.2, 0.25) is 0 Å². The maximum absolute atomic E-state index is 9.02. The molecule has 1 aliphatic rings. The summed E-state index contributed by atoms with van der Waals surface area (Å²) >= 11 is 8.85. The molecule has 0 amide bonds. The van der Waals surface area contributed by atoms with Crippen LogP contribution < -0.4 is 0 Å². The molecule has 0 saturated carbocycles. The van der Waals surface area contributed by atoms with Crippen molar-refractivity contribution in [3.63, 3.8) is 0 Å². The van der Waals surface area contributed by atoms with Gasteiger partial charge in [-0.15, -0.1) is 0 Å². The van der Waals surface area contributed by atoms with E-state index in [9.17, 15) is 0 Å². The van der Waals surface area contributed by atoms with E-state index in [2.05, 4.69) is 15.9 Å². The Labute approximate surface area is 67.1 Å². The Bertz CT molecular complexity index is 174. The number of aliphatic hydroxyl groups is 1. The monoisotopic (exact) mass is 208 g/mol. The van der Waals surface area contributed by atoms with Gasteiger partial charge in [-0.05, 0) is 12.2 Å². The van der Waals surface area contributed by atoms with E-state index in [4.69, 9.17) is 16.7 Å². The molecule has 1 atom stereocenters. The molecule has 1 unspecified atom stereocenters. The highest BCUT2D eigenvalue weighted by molar-refractivity contribution is 9.11. The molecule has 9 heavy (non-hydrogen) atoms. The molecule has 0 aromatic carbocycles. The van der Waals surface area contributed by atoms with Crippen molar-refractivity contribution in [2.24, 2.45) is 0 Å². The van der Waals surface area contributed by atoms with Crippen LogP contribution in [0.25, 0.3) is 0 Å². The van der Waals surface area contributed by atoms with Gasteiger partial charge in [-0.25, -0.2) is 0 Å². The van der Waals surface area contributed by atoms with Crippen molar-refractivity contribution in [3.8, 4) is 0 Å². The molecule has 0 aromatic heterocycles. The average molecular weight is 209 g/mol. The summed E-state index contributed by atoms with van der Waals surface area (Å²) in [6.07, 6.45) is 3.62. The molecule has 1 aliphatic carbocycles. The second kappa shape index (κ2) is 2.86. The molecule has 0 aromatic rings. The first-order valence-electron chi connectivity index (χ1n) is 2.60. The van der Waals surface area contributed by atoms with E-state index >= 15 is 0 Å². The first-order chi connectivity index (χ1) is 4.18. The van der Waals surface area contributed by atoms with Crippen molar-refractivity contribution >= 4 is 27.5 Å². The van der Waals surface area contributed by atoms with Crippen LogP contribution in [0.15, 0.2) is 21.7 Å². The maximum Gasteiger partial charge on any atom is 0.0783 e. The third-order valence-corrected chi connectivity index (χ3v) is 1.81. The van der Waals surface area contributed by atoms with Crippen molar-refractivity contribution in [1.29, 1.82) is 0 Å². The molecule has 3 heteroatoms. The SMILES string of the molecule is OC1C=C(Br)C=C(Cl)C1. The standard InChI is InChI=1S/C6H6BrClO/c7-4-1-5(8)3-6(9)2-4/h1-2,6,9H,3H2. The summed E-state index contributed by atoms with van der Waals surface area (Å²) in [6.45, 7) is 0. The third-order valence-electron chi connectivity index (χ3n) is 1.05. The van der Waals surface area contributed by atoms with Gasteiger partial charge >= 0.3 is 0 Å². The highest BCUT2D eigenvalue weighted by Crippen LogP contribution is 2.23. The molecule has 50 valence electrons. The minimum absolute atomic E-state index is 0.420. The highest BCUT2D eigenvalue weighted by Gasteiger charge is 2.08. The quantitative estimate of drug-likeness (QED) is 0.648. The van der Waals surface area contributed by atoms with E-state index in [1.807, 2.05) is 0 Å². The summed E-state index contributed by atoms with van der Waals surface area (Å²) < 4.78 is 0.853. The summed E-state index contributed by atoms with van der Waals surface area (Å²) in [5.41, 5.74) is 0. The number of hydrogen-bond donors (Lipinski definition) is 1. The highest BCUT2D eigenvalue weighted by atomic mass is 79.9. The van der Waals surface area contributed by atoms with Gasteiger partial charge in [0.25, 0.3) is 0 Å². The lowest BCUT2D eigenvalue weighted by Gasteiger charge is -2.09. The van der Waals surface area contributed by atoms with Crippen LogP contribution in [0.1, 0.15) is 6.42 Å². The number of rotatable bonds is 0. The summed E-state index contributed by atoms with van der Waals surface area (Å²) in [4.78, 5) is 0. The molecule has 0 heterocycles. The van der Waals surface area contributed by atoms with Crippen molar-refractivity contribution in [1.82, 2.24) is 0 Å². The molecule has 0 bridgehead atoms. The van der Waals surface area contributed by atoms with Gasteiger partial charge in [0.05, 0.1) is 6.10 Å². The number of allylic oxidation sites excluding steroid dienone is 2. The molecule has 1 N–H and O–H groups in total. The van der Waals surface area contributed by atoms with Crippen molar-refractivity contribution in [2.75, 3.05) is 0 Å². The zero-order valence-corrected chi connectivity index (χ0v) is 6.98. The molecule has 0 fully saturated rings. The van der Waals surface area contributed by atoms with E-state index in [-0.39, 0.29) is 0 Å². The van der Waals surface area contributed by atoms with E-state index in [1.54, 1.807) is 12.2 Å². The van der Waals surface area contributed by atoms with Gasteiger partial charge in [0.1, 0.15) is 0 Å². The fraction of sp³-hybridized carbons (Fsp3) is 0.333. The molecular weight excluding hydrogens is 203 g/mol. The summed E-state index contributed by atoms with van der Waals surface area (Å²) in [7, 11) is 0. The molecule has 1 nitrogen and oxygen atoms in total. The van der Waals surface area contributed by atoms with Crippen LogP contribution in [0, 0.1) is 0 Å². The van der Waals surface area contributed by atoms with Crippen LogP contribution in [-0.4, -0.2) is 11.2 Å². The Balaban J connectivity index is 2.74. The van der Waals surface area contributed by atoms with E-state index < -0.39 is 6.10 Å². The topological polar surface area (TPSA) is 20.2 Å². The summed E-state index contributed by atoms with van der Waals surface area (Å²) in [5.74, 6) is 0. The minimum atomic E-state index is -0.420. The first kappa shape index (κ1) is 7.32. The summed E-state index contributed by atoms with van der Waals surface area (Å²) in [6, 6.07) is 0. The first-order valence-corrected chi connectivity index (χ1v) is 3.77. The predicted octanol–water partition coefficient (Wildman–Crippen LogP) is 2.15. The minimum Gasteiger partial charge on any atom is -0.389 e. The Morgan fingerprint density at radius 3 is 2.89 bits per heavy atom. The Morgan fingerprint density at radius 2 is 2.44 bits per heavy atom. The van der Waals surface area contributed by atoms with Crippen LogP contribution in [0.3, 0.4) is 0 Å². The maximum atomic E-state index is 9.02. The van der Waals surface area contributed by atoms with Crippen molar-refractivity contribution < 1.29 is 5.11 Å². The van der Waals surface area contributed by atoms with Crippen molar-refractivity contribution in [3.05, 3.63) is 21.7 Å². The molecule has 0 aliphatic heterocycles. The van der Waals surface area contributed by atoms with Gasteiger partial charge in [-0.1, -0.05) is 27.5 Å². The largest absolute Gasteiger partial charge is 0.389 e. The lowest BCUT2D eigenvalue weighted by molar-refractivity contribution is 0.224. The predicted molar refractivity (Wildman–Crippen MR) is 41.6 cm³/mol. The van der Waals surface area contributed by atoms with Gasteiger partial charge in [-0.3, -0.25) is 0 Å². The fourth-order valence-corrected chi connectivity index (χ4v) is 1.69. The number of aliphatic hydroxyl groups excluding tert-OH is 1. The van der Waals surface area contributed by atoms with Gasteiger partial charge in [-0.2, -0.15) is 0 Å². The third kappa shape index (κ3) is 2.12. The normalized spacial score (nSPS) is 27.2. The zero-order valence-electron chi connectivity index (χ0n) is 4.64. The molecule has 1 rings (SSSR count). The van der Waals surface area contributed by atoms with Gasteiger partial charge < -0.3 is 5.11 Å². The van der Waals surface area contributed by atoms with Crippen LogP contribution in [0.2, 0.25) is 0 Å². The number of hydrogen-bond acceptors (Lipinski definition) is 1. The Hall–Kier alpha value is 0.210. The van der Waals surface area contributed by atoms with Crippen molar-refractivity contribution in [2.45, 2.75) is 12.5 Å². The van der Waals surface area contributed by atoms with Crippen LogP contribution in [0.5, 0.6) is 0 Å². The Kier molecular flexibility index (Phi) is 2.33. The van der Waals surface area contributed by atoms with Crippen LogP contribution in [-0.2, 0) is 0 Å². The fourth-order valence-electron chi connectivity index (χ4n) is 0.699. The second-order valence-electron chi connectivity index (χ2n) is 1.91. The lowest BCUT2D eigenvalue weighted by atomic mass is 10.1. The van der Waals surface area contributed by atoms with Gasteiger partial charge in [0, 0.05) is 15.9 Å². The van der Waals surface area contributed by atoms with E-state index in [1.165, 1.54) is 0 Å². The second-order valence-corrected chi connectivity index (χ2v) is 3.32. The zero-order chi connectivity index (χ0) is 6.85. The van der Waals surface area contributed by atoms with E-state index in [0.29, 0.717) is 11.5 Å². The number of halogens is 2. The molecule has 0 spiro atoms. The van der Waals surface area contributed by atoms with Crippen LogP contribution >= 0.6 is 27.5 Å². The summed E-state index contributed by atoms with van der Waals surface area (Å²) in [5, 5.41) is 9.71. The average Bonchev–Trinajstić information content (AvgIpc) is 1.59. The molecular formula is C6H6BrClO. The lowest BCUT2D eigenvalue weighted by Crippen LogP contribution is -2.05. The smallest absolute Gasteiger partial charge is 0.0783 e. The molecule has 0 saturated heterocycles. The van der Waals surface area contributed by atoms with Gasteiger partial charge in [0.15, 0.2) is 0 Å². The van der Waals surface area contributed by atoms with Crippen LogP contribution in [0.4, 0.5) is 0 Å². The molecule has 0 radical (unpaired) electrons. The van der Waals surface area contributed by atoms with E-state index in [0.717, 1.165) is 4.48 Å². The Morgan fingerprint density at radius 1 is 1.78 bits per heavy atom.